The second-order valence-corrected chi connectivity index (χ2v) is 9.63. The van der Waals surface area contributed by atoms with Gasteiger partial charge in [0.05, 0.1) is 22.0 Å². The lowest BCUT2D eigenvalue weighted by Gasteiger charge is -2.31. The zero-order valence-corrected chi connectivity index (χ0v) is 19.2. The number of ether oxygens (including phenoxy) is 2. The van der Waals surface area contributed by atoms with Gasteiger partial charge in [0.1, 0.15) is 5.82 Å². The summed E-state index contributed by atoms with van der Waals surface area (Å²) in [7, 11) is 0. The molecule has 0 unspecified atom stereocenters. The second-order valence-electron chi connectivity index (χ2n) is 8.30. The quantitative estimate of drug-likeness (QED) is 0.571. The highest BCUT2D eigenvalue weighted by molar-refractivity contribution is 8.00. The van der Waals surface area contributed by atoms with Crippen LogP contribution in [-0.4, -0.2) is 52.3 Å². The van der Waals surface area contributed by atoms with Crippen molar-refractivity contribution in [2.75, 3.05) is 31.0 Å². The van der Waals surface area contributed by atoms with Gasteiger partial charge >= 0.3 is 0 Å². The predicted octanol–water partition coefficient (Wildman–Crippen LogP) is 3.96. The third-order valence-corrected chi connectivity index (χ3v) is 7.25. The van der Waals surface area contributed by atoms with E-state index in [1.807, 2.05) is 35.2 Å². The van der Waals surface area contributed by atoms with Crippen molar-refractivity contribution in [3.63, 3.8) is 0 Å². The standard InChI is InChI=1S/C24H26N4O4S/c1-15(23-26-18-4-2-3-5-19(18)27-23)33-13-22(29)28-10-8-16(9-11-28)24(30)25-17-6-7-20-21(12-17)32-14-31-20/h2-7,12,15-16H,8-11,13-14H2,1H3,(H,25,30)(H,26,27)/t15-/m0/s1. The van der Waals surface area contributed by atoms with Crippen LogP contribution in [-0.2, 0) is 9.59 Å². The molecule has 2 aliphatic heterocycles. The molecule has 0 bridgehead atoms. The number of anilines is 1. The van der Waals surface area contributed by atoms with Crippen LogP contribution in [0.1, 0.15) is 30.8 Å². The van der Waals surface area contributed by atoms with Gasteiger partial charge in [-0.1, -0.05) is 12.1 Å². The summed E-state index contributed by atoms with van der Waals surface area (Å²) >= 11 is 1.58. The lowest BCUT2D eigenvalue weighted by Crippen LogP contribution is -2.42. The first-order valence-electron chi connectivity index (χ1n) is 11.1. The summed E-state index contributed by atoms with van der Waals surface area (Å²) in [5, 5.41) is 3.05. The summed E-state index contributed by atoms with van der Waals surface area (Å²) in [6.07, 6.45) is 1.32. The number of fused-ring (bicyclic) bond motifs is 2. The van der Waals surface area contributed by atoms with E-state index < -0.39 is 0 Å². The lowest BCUT2D eigenvalue weighted by molar-refractivity contribution is -0.132. The summed E-state index contributed by atoms with van der Waals surface area (Å²) in [6, 6.07) is 13.3. The number of aromatic nitrogens is 2. The number of likely N-dealkylation sites (tertiary alicyclic amines) is 1. The smallest absolute Gasteiger partial charge is 0.232 e. The summed E-state index contributed by atoms with van der Waals surface area (Å²) < 4.78 is 10.7. The molecule has 0 radical (unpaired) electrons. The molecule has 2 amide bonds. The molecule has 1 fully saturated rings. The Labute approximate surface area is 196 Å². The van der Waals surface area contributed by atoms with E-state index in [-0.39, 0.29) is 29.8 Å². The van der Waals surface area contributed by atoms with E-state index in [0.717, 1.165) is 16.9 Å². The lowest BCUT2D eigenvalue weighted by atomic mass is 9.96. The Morgan fingerprint density at radius 3 is 2.79 bits per heavy atom. The number of carbonyl (C=O) groups excluding carboxylic acids is 2. The average molecular weight is 467 g/mol. The molecule has 3 heterocycles. The Balaban J connectivity index is 1.08. The van der Waals surface area contributed by atoms with E-state index in [1.165, 1.54) is 0 Å². The molecule has 1 aromatic heterocycles. The number of carbonyl (C=O) groups is 2. The van der Waals surface area contributed by atoms with Gasteiger partial charge in [0, 0.05) is 30.8 Å². The molecule has 1 saturated heterocycles. The van der Waals surface area contributed by atoms with Crippen LogP contribution in [0.5, 0.6) is 11.5 Å². The van der Waals surface area contributed by atoms with Crippen LogP contribution < -0.4 is 14.8 Å². The van der Waals surface area contributed by atoms with Crippen molar-refractivity contribution in [3.05, 3.63) is 48.3 Å². The van der Waals surface area contributed by atoms with Gasteiger partial charge in [0.25, 0.3) is 0 Å². The summed E-state index contributed by atoms with van der Waals surface area (Å²) in [5.41, 5.74) is 2.64. The maximum atomic E-state index is 12.7. The first kappa shape index (κ1) is 21.6. The number of piperidine rings is 1. The molecule has 0 aliphatic carbocycles. The predicted molar refractivity (Wildman–Crippen MR) is 127 cm³/mol. The van der Waals surface area contributed by atoms with E-state index >= 15 is 0 Å². The molecule has 2 aromatic carbocycles. The molecule has 8 nitrogen and oxygen atoms in total. The number of imidazole rings is 1. The Kier molecular flexibility index (Phi) is 6.13. The molecule has 3 aromatic rings. The number of aromatic amines is 1. The second kappa shape index (κ2) is 9.35. The first-order valence-corrected chi connectivity index (χ1v) is 12.2. The minimum atomic E-state index is -0.110. The van der Waals surface area contributed by atoms with Crippen molar-refractivity contribution in [1.29, 1.82) is 0 Å². The van der Waals surface area contributed by atoms with Crippen LogP contribution in [0.15, 0.2) is 42.5 Å². The van der Waals surface area contributed by atoms with Gasteiger partial charge in [-0.05, 0) is 44.0 Å². The largest absolute Gasteiger partial charge is 0.454 e. The van der Waals surface area contributed by atoms with E-state index in [0.29, 0.717) is 48.9 Å². The van der Waals surface area contributed by atoms with Gasteiger partial charge < -0.3 is 24.7 Å². The molecule has 0 spiro atoms. The highest BCUT2D eigenvalue weighted by atomic mass is 32.2. The summed E-state index contributed by atoms with van der Waals surface area (Å²) in [4.78, 5) is 35.2. The normalized spacial score (nSPS) is 16.7. The number of para-hydroxylation sites is 2. The monoisotopic (exact) mass is 466 g/mol. The zero-order chi connectivity index (χ0) is 22.8. The Morgan fingerprint density at radius 1 is 1.18 bits per heavy atom. The SMILES string of the molecule is C[C@H](SCC(=O)N1CCC(C(=O)Nc2ccc3c(c2)OCO3)CC1)c1nc2ccccc2[nH]1. The Bertz CT molecular complexity index is 1140. The van der Waals surface area contributed by atoms with E-state index in [4.69, 9.17) is 9.47 Å². The molecule has 1 atom stereocenters. The number of benzene rings is 2. The molecule has 2 aliphatic rings. The number of H-pyrrole nitrogens is 1. The number of nitrogens with one attached hydrogen (secondary N) is 2. The van der Waals surface area contributed by atoms with E-state index in [1.54, 1.807) is 23.9 Å². The average Bonchev–Trinajstić information content (AvgIpc) is 3.49. The highest BCUT2D eigenvalue weighted by Gasteiger charge is 2.28. The molecule has 33 heavy (non-hydrogen) atoms. The number of nitrogens with zero attached hydrogens (tertiary/aromatic N) is 2. The van der Waals surface area contributed by atoms with Gasteiger partial charge in [-0.2, -0.15) is 0 Å². The van der Waals surface area contributed by atoms with Crippen LogP contribution >= 0.6 is 11.8 Å². The maximum Gasteiger partial charge on any atom is 0.232 e. The van der Waals surface area contributed by atoms with Gasteiger partial charge in [0.15, 0.2) is 11.5 Å². The van der Waals surface area contributed by atoms with E-state index in [9.17, 15) is 9.59 Å². The fourth-order valence-corrected chi connectivity index (χ4v) is 4.99. The fourth-order valence-electron chi connectivity index (χ4n) is 4.14. The number of thioether (sulfide) groups is 1. The number of rotatable bonds is 6. The van der Waals surface area contributed by atoms with Crippen molar-refractivity contribution in [2.45, 2.75) is 25.0 Å². The van der Waals surface area contributed by atoms with Gasteiger partial charge in [-0.3, -0.25) is 9.59 Å². The van der Waals surface area contributed by atoms with Crippen LogP contribution in [0.25, 0.3) is 11.0 Å². The van der Waals surface area contributed by atoms with Crippen molar-refractivity contribution in [2.24, 2.45) is 5.92 Å². The third kappa shape index (κ3) is 4.78. The van der Waals surface area contributed by atoms with Crippen LogP contribution in [0.2, 0.25) is 0 Å². The highest BCUT2D eigenvalue weighted by Crippen LogP contribution is 2.34. The first-order chi connectivity index (χ1) is 16.1. The zero-order valence-electron chi connectivity index (χ0n) is 18.4. The van der Waals surface area contributed by atoms with Crippen LogP contribution in [0.4, 0.5) is 5.69 Å². The minimum absolute atomic E-state index is 0.0196. The number of amides is 2. The molecule has 172 valence electrons. The molecular weight excluding hydrogens is 440 g/mol. The number of hydrogen-bond acceptors (Lipinski definition) is 6. The van der Waals surface area contributed by atoms with E-state index in [2.05, 4.69) is 22.2 Å². The molecule has 5 rings (SSSR count). The van der Waals surface area contributed by atoms with Gasteiger partial charge in [-0.15, -0.1) is 11.8 Å². The molecule has 0 saturated carbocycles. The summed E-state index contributed by atoms with van der Waals surface area (Å²) in [5.74, 6) is 2.59. The van der Waals surface area contributed by atoms with Crippen molar-refractivity contribution in [1.82, 2.24) is 14.9 Å². The van der Waals surface area contributed by atoms with Gasteiger partial charge in [0.2, 0.25) is 18.6 Å². The van der Waals surface area contributed by atoms with Crippen molar-refractivity contribution >= 4 is 40.3 Å². The van der Waals surface area contributed by atoms with Crippen LogP contribution in [0, 0.1) is 5.92 Å². The van der Waals surface area contributed by atoms with Gasteiger partial charge in [-0.25, -0.2) is 4.98 Å². The van der Waals surface area contributed by atoms with Crippen molar-refractivity contribution in [3.8, 4) is 11.5 Å². The fraction of sp³-hybridized carbons (Fsp3) is 0.375. The molecule has 2 N–H and O–H groups in total. The Hall–Kier alpha value is -3.20. The Morgan fingerprint density at radius 2 is 1.97 bits per heavy atom. The third-order valence-electron chi connectivity index (χ3n) is 6.11. The topological polar surface area (TPSA) is 96.6 Å². The van der Waals surface area contributed by atoms with Crippen LogP contribution in [0.3, 0.4) is 0 Å². The molecular formula is C24H26N4O4S. The minimum Gasteiger partial charge on any atom is -0.454 e. The van der Waals surface area contributed by atoms with Crippen molar-refractivity contribution < 1.29 is 19.1 Å². The maximum absolute atomic E-state index is 12.7. The summed E-state index contributed by atoms with van der Waals surface area (Å²) in [6.45, 7) is 3.45. The number of hydrogen-bond donors (Lipinski definition) is 2. The molecule has 9 heteroatoms.